The van der Waals surface area contributed by atoms with Crippen molar-refractivity contribution in [1.82, 2.24) is 0 Å². The van der Waals surface area contributed by atoms with E-state index in [9.17, 15) is 19.8 Å². The monoisotopic (exact) mass is 188 g/mol. The van der Waals surface area contributed by atoms with Gasteiger partial charge in [0.05, 0.1) is 6.10 Å². The number of carboxylic acids is 1. The first-order valence-corrected chi connectivity index (χ1v) is 4.03. The van der Waals surface area contributed by atoms with Crippen molar-refractivity contribution in [2.24, 2.45) is 5.92 Å². The minimum Gasteiger partial charge on any atom is -0.479 e. The van der Waals surface area contributed by atoms with E-state index < -0.39 is 30.0 Å². The van der Waals surface area contributed by atoms with Crippen LogP contribution in [-0.4, -0.2) is 38.8 Å². The summed E-state index contributed by atoms with van der Waals surface area (Å²) in [6.45, 7) is 1.54. The molecule has 13 heavy (non-hydrogen) atoms. The van der Waals surface area contributed by atoms with Crippen LogP contribution in [0.25, 0.3) is 0 Å². The molecule has 0 amide bonds. The molecule has 3 N–H and O–H groups in total. The molecule has 0 aromatic rings. The van der Waals surface area contributed by atoms with E-state index in [4.69, 9.17) is 5.11 Å². The molecule has 0 aromatic carbocycles. The topological polar surface area (TPSA) is 94.8 Å². The molecule has 3 atom stereocenters. The maximum atomic E-state index is 11.0. The van der Waals surface area contributed by atoms with Gasteiger partial charge >= 0.3 is 5.97 Å². The maximum absolute atomic E-state index is 11.0. The molecule has 0 radical (unpaired) electrons. The molecule has 1 aliphatic carbocycles. The lowest BCUT2D eigenvalue weighted by Crippen LogP contribution is -2.56. The van der Waals surface area contributed by atoms with Crippen LogP contribution in [0.5, 0.6) is 0 Å². The summed E-state index contributed by atoms with van der Waals surface area (Å²) in [7, 11) is 0. The van der Waals surface area contributed by atoms with E-state index in [1.165, 1.54) is 6.92 Å². The van der Waals surface area contributed by atoms with Crippen molar-refractivity contribution < 1.29 is 24.9 Å². The minimum absolute atomic E-state index is 0.122. The Morgan fingerprint density at radius 2 is 2.15 bits per heavy atom. The normalized spacial score (nSPS) is 40.4. The van der Waals surface area contributed by atoms with Crippen molar-refractivity contribution in [2.45, 2.75) is 31.5 Å². The molecule has 1 fully saturated rings. The quantitative estimate of drug-likeness (QED) is 0.499. The number of carbonyl (C=O) groups excluding carboxylic acids is 1. The highest BCUT2D eigenvalue weighted by atomic mass is 16.4. The van der Waals surface area contributed by atoms with Crippen LogP contribution >= 0.6 is 0 Å². The highest BCUT2D eigenvalue weighted by Gasteiger charge is 2.50. The van der Waals surface area contributed by atoms with E-state index in [1.807, 2.05) is 0 Å². The van der Waals surface area contributed by atoms with Crippen molar-refractivity contribution in [3.63, 3.8) is 0 Å². The second-order valence-corrected chi connectivity index (χ2v) is 3.57. The molecule has 1 aliphatic rings. The van der Waals surface area contributed by atoms with E-state index in [0.717, 1.165) is 0 Å². The molecule has 0 bridgehead atoms. The fraction of sp³-hybridized carbons (Fsp3) is 0.750. The SMILES string of the molecule is CC1CC(=O)CC(O)(C(=O)O)C1O. The Bertz CT molecular complexity index is 249. The molecule has 1 rings (SSSR count). The van der Waals surface area contributed by atoms with Gasteiger partial charge in [0.1, 0.15) is 5.78 Å². The number of aliphatic hydroxyl groups excluding tert-OH is 1. The summed E-state index contributed by atoms with van der Waals surface area (Å²) in [6, 6.07) is 0. The Hall–Kier alpha value is -0.940. The summed E-state index contributed by atoms with van der Waals surface area (Å²) in [5, 5.41) is 27.5. The van der Waals surface area contributed by atoms with E-state index in [2.05, 4.69) is 0 Å². The molecule has 0 aromatic heterocycles. The maximum Gasteiger partial charge on any atom is 0.338 e. The standard InChI is InChI=1S/C8H12O5/c1-4-2-5(9)3-8(13,6(4)10)7(11)12/h4,6,10,13H,2-3H2,1H3,(H,11,12). The first kappa shape index (κ1) is 10.1. The summed E-state index contributed by atoms with van der Waals surface area (Å²) >= 11 is 0. The van der Waals surface area contributed by atoms with Crippen LogP contribution in [0, 0.1) is 5.92 Å². The van der Waals surface area contributed by atoms with Crippen LogP contribution in [-0.2, 0) is 9.59 Å². The van der Waals surface area contributed by atoms with Crippen molar-refractivity contribution >= 4 is 11.8 Å². The Labute approximate surface area is 75.0 Å². The predicted octanol–water partition coefficient (Wildman–Crippen LogP) is -0.838. The zero-order valence-electron chi connectivity index (χ0n) is 7.23. The second kappa shape index (κ2) is 3.08. The molecule has 5 nitrogen and oxygen atoms in total. The van der Waals surface area contributed by atoms with E-state index in [-0.39, 0.29) is 12.2 Å². The fourth-order valence-corrected chi connectivity index (χ4v) is 1.62. The van der Waals surface area contributed by atoms with Gasteiger partial charge in [0.25, 0.3) is 0 Å². The molecular weight excluding hydrogens is 176 g/mol. The summed E-state index contributed by atoms with van der Waals surface area (Å²) in [5.74, 6) is -2.38. The molecule has 5 heteroatoms. The lowest BCUT2D eigenvalue weighted by Gasteiger charge is -2.36. The first-order chi connectivity index (χ1) is 5.88. The average Bonchev–Trinajstić information content (AvgIpc) is 1.99. The van der Waals surface area contributed by atoms with Gasteiger partial charge in [0.2, 0.25) is 0 Å². The van der Waals surface area contributed by atoms with E-state index in [0.29, 0.717) is 0 Å². The zero-order valence-corrected chi connectivity index (χ0v) is 7.23. The van der Waals surface area contributed by atoms with Crippen molar-refractivity contribution in [3.8, 4) is 0 Å². The molecule has 0 saturated heterocycles. The fourth-order valence-electron chi connectivity index (χ4n) is 1.62. The Balaban J connectivity index is 2.95. The van der Waals surface area contributed by atoms with Crippen LogP contribution in [0.1, 0.15) is 19.8 Å². The van der Waals surface area contributed by atoms with Gasteiger partial charge in [-0.2, -0.15) is 0 Å². The number of aliphatic hydroxyl groups is 2. The number of carbonyl (C=O) groups is 2. The average molecular weight is 188 g/mol. The van der Waals surface area contributed by atoms with Gasteiger partial charge < -0.3 is 15.3 Å². The summed E-state index contributed by atoms with van der Waals surface area (Å²) in [5.41, 5.74) is -2.30. The second-order valence-electron chi connectivity index (χ2n) is 3.57. The van der Waals surface area contributed by atoms with Gasteiger partial charge in [-0.1, -0.05) is 6.92 Å². The molecular formula is C8H12O5. The third-order valence-corrected chi connectivity index (χ3v) is 2.41. The highest BCUT2D eigenvalue weighted by molar-refractivity contribution is 5.90. The van der Waals surface area contributed by atoms with Crippen molar-refractivity contribution in [3.05, 3.63) is 0 Å². The number of aliphatic carboxylic acids is 1. The lowest BCUT2D eigenvalue weighted by atomic mass is 9.75. The summed E-state index contributed by atoms with van der Waals surface area (Å²) < 4.78 is 0. The molecule has 0 spiro atoms. The number of carboxylic acid groups (broad SMARTS) is 1. The van der Waals surface area contributed by atoms with Crippen LogP contribution in [0.15, 0.2) is 0 Å². The number of hydrogen-bond donors (Lipinski definition) is 3. The highest BCUT2D eigenvalue weighted by Crippen LogP contribution is 2.30. The molecule has 3 unspecified atom stereocenters. The third kappa shape index (κ3) is 1.57. The van der Waals surface area contributed by atoms with Gasteiger partial charge in [-0.05, 0) is 5.92 Å². The smallest absolute Gasteiger partial charge is 0.338 e. The van der Waals surface area contributed by atoms with Crippen LogP contribution in [0.3, 0.4) is 0 Å². The molecule has 1 saturated carbocycles. The number of hydrogen-bond acceptors (Lipinski definition) is 4. The Morgan fingerprint density at radius 1 is 1.62 bits per heavy atom. The number of ketones is 1. The van der Waals surface area contributed by atoms with Crippen molar-refractivity contribution in [1.29, 1.82) is 0 Å². The first-order valence-electron chi connectivity index (χ1n) is 4.03. The van der Waals surface area contributed by atoms with Gasteiger partial charge in [0.15, 0.2) is 5.60 Å². The number of Topliss-reactive ketones (excluding diaryl/α,β-unsaturated/α-hetero) is 1. The van der Waals surface area contributed by atoms with Gasteiger partial charge in [-0.15, -0.1) is 0 Å². The Morgan fingerprint density at radius 3 is 2.62 bits per heavy atom. The molecule has 74 valence electrons. The summed E-state index contributed by atoms with van der Waals surface area (Å²) in [6.07, 6.45) is -1.76. The van der Waals surface area contributed by atoms with E-state index >= 15 is 0 Å². The number of rotatable bonds is 1. The minimum atomic E-state index is -2.30. The third-order valence-electron chi connectivity index (χ3n) is 2.41. The molecule has 0 aliphatic heterocycles. The largest absolute Gasteiger partial charge is 0.479 e. The van der Waals surface area contributed by atoms with Gasteiger partial charge in [-0.3, -0.25) is 4.79 Å². The van der Waals surface area contributed by atoms with E-state index in [1.54, 1.807) is 0 Å². The van der Waals surface area contributed by atoms with Crippen LogP contribution in [0.2, 0.25) is 0 Å². The van der Waals surface area contributed by atoms with Gasteiger partial charge in [-0.25, -0.2) is 4.79 Å². The lowest BCUT2D eigenvalue weighted by molar-refractivity contribution is -0.184. The Kier molecular flexibility index (Phi) is 2.40. The van der Waals surface area contributed by atoms with Crippen LogP contribution in [0.4, 0.5) is 0 Å². The van der Waals surface area contributed by atoms with Gasteiger partial charge in [0, 0.05) is 12.8 Å². The predicted molar refractivity (Wildman–Crippen MR) is 42.0 cm³/mol. The zero-order chi connectivity index (χ0) is 10.2. The summed E-state index contributed by atoms with van der Waals surface area (Å²) in [4.78, 5) is 21.6. The van der Waals surface area contributed by atoms with Crippen LogP contribution < -0.4 is 0 Å². The molecule has 0 heterocycles. The van der Waals surface area contributed by atoms with Crippen molar-refractivity contribution in [2.75, 3.05) is 0 Å².